The molecule has 2 fully saturated rings. The molecule has 1 saturated heterocycles. The quantitative estimate of drug-likeness (QED) is 0.853. The molecule has 1 aromatic rings. The number of piperidine rings is 1. The van der Waals surface area contributed by atoms with E-state index < -0.39 is 9.84 Å². The van der Waals surface area contributed by atoms with Crippen molar-refractivity contribution in [3.05, 3.63) is 0 Å². The molecular formula is C14H23N3O3S. The van der Waals surface area contributed by atoms with Gasteiger partial charge in [0.1, 0.15) is 0 Å². The molecule has 1 aliphatic carbocycles. The van der Waals surface area contributed by atoms with Crippen LogP contribution in [0.15, 0.2) is 9.64 Å². The predicted octanol–water partition coefficient (Wildman–Crippen LogP) is 2.41. The fourth-order valence-electron chi connectivity index (χ4n) is 3.33. The summed E-state index contributed by atoms with van der Waals surface area (Å²) in [5, 5.41) is 7.24. The van der Waals surface area contributed by atoms with Gasteiger partial charge >= 0.3 is 11.2 Å². The summed E-state index contributed by atoms with van der Waals surface area (Å²) in [6, 6.07) is 0.357. The Hall–Kier alpha value is -1.11. The maximum atomic E-state index is 12.5. The van der Waals surface area contributed by atoms with Crippen molar-refractivity contribution in [3.8, 4) is 0 Å². The lowest BCUT2D eigenvalue weighted by Gasteiger charge is -2.29. The Labute approximate surface area is 125 Å². The van der Waals surface area contributed by atoms with Crippen molar-refractivity contribution in [2.75, 3.05) is 18.0 Å². The first-order chi connectivity index (χ1) is 10.1. The summed E-state index contributed by atoms with van der Waals surface area (Å²) in [7, 11) is -3.46. The highest BCUT2D eigenvalue weighted by Crippen LogP contribution is 2.29. The molecule has 1 aliphatic heterocycles. The van der Waals surface area contributed by atoms with Crippen LogP contribution >= 0.6 is 0 Å². The number of hydrogen-bond donors (Lipinski definition) is 0. The first-order valence-electron chi connectivity index (χ1n) is 7.90. The minimum atomic E-state index is -3.46. The van der Waals surface area contributed by atoms with Crippen molar-refractivity contribution in [3.63, 3.8) is 0 Å². The second-order valence-electron chi connectivity index (χ2n) is 6.35. The summed E-state index contributed by atoms with van der Waals surface area (Å²) in [5.74, 6) is 0.573. The minimum Gasteiger partial charge on any atom is -0.394 e. The summed E-state index contributed by atoms with van der Waals surface area (Å²) in [5.41, 5.74) is 0. The van der Waals surface area contributed by atoms with Crippen LogP contribution in [0.3, 0.4) is 0 Å². The third-order valence-electron chi connectivity index (χ3n) is 4.56. The van der Waals surface area contributed by atoms with Gasteiger partial charge < -0.3 is 9.32 Å². The highest BCUT2D eigenvalue weighted by Gasteiger charge is 2.34. The standard InChI is InChI=1S/C14H23N3O3S/c1-11-6-5-9-17(10-11)13-15-16-14(20-13)21(18,19)12-7-3-2-4-8-12/h11-12H,2-10H2,1H3. The molecule has 1 atom stereocenters. The number of hydrogen-bond acceptors (Lipinski definition) is 6. The third-order valence-corrected chi connectivity index (χ3v) is 6.56. The van der Waals surface area contributed by atoms with E-state index in [0.29, 0.717) is 24.8 Å². The monoisotopic (exact) mass is 313 g/mol. The van der Waals surface area contributed by atoms with Gasteiger partial charge in [-0.2, -0.15) is 0 Å². The van der Waals surface area contributed by atoms with Gasteiger partial charge in [0, 0.05) is 13.1 Å². The van der Waals surface area contributed by atoms with Gasteiger partial charge in [0.15, 0.2) is 0 Å². The Kier molecular flexibility index (Phi) is 4.19. The predicted molar refractivity (Wildman–Crippen MR) is 79.0 cm³/mol. The maximum Gasteiger partial charge on any atom is 0.337 e. The van der Waals surface area contributed by atoms with Crippen LogP contribution < -0.4 is 4.90 Å². The lowest BCUT2D eigenvalue weighted by molar-refractivity contribution is 0.382. The van der Waals surface area contributed by atoms with E-state index in [1.807, 2.05) is 4.90 Å². The summed E-state index contributed by atoms with van der Waals surface area (Å²) in [6.07, 6.45) is 6.74. The van der Waals surface area contributed by atoms with E-state index in [4.69, 9.17) is 4.42 Å². The molecule has 6 nitrogen and oxygen atoms in total. The summed E-state index contributed by atoms with van der Waals surface area (Å²) < 4.78 is 30.6. The lowest BCUT2D eigenvalue weighted by atomic mass is 10.0. The fourth-order valence-corrected chi connectivity index (χ4v) is 4.91. The van der Waals surface area contributed by atoms with Crippen molar-refractivity contribution in [1.29, 1.82) is 0 Å². The molecule has 3 rings (SSSR count). The topological polar surface area (TPSA) is 76.3 Å². The molecule has 1 unspecified atom stereocenters. The van der Waals surface area contributed by atoms with E-state index in [1.54, 1.807) is 0 Å². The van der Waals surface area contributed by atoms with Crippen LogP contribution in [0.2, 0.25) is 0 Å². The van der Waals surface area contributed by atoms with E-state index in [2.05, 4.69) is 17.1 Å². The molecule has 1 aromatic heterocycles. The Morgan fingerprint density at radius 3 is 2.57 bits per heavy atom. The van der Waals surface area contributed by atoms with Crippen molar-refractivity contribution in [1.82, 2.24) is 10.2 Å². The molecular weight excluding hydrogens is 290 g/mol. The second kappa shape index (κ2) is 5.94. The van der Waals surface area contributed by atoms with Gasteiger partial charge in [-0.05, 0) is 31.6 Å². The molecule has 118 valence electrons. The van der Waals surface area contributed by atoms with Crippen molar-refractivity contribution in [2.45, 2.75) is 62.3 Å². The van der Waals surface area contributed by atoms with Gasteiger partial charge in [0.05, 0.1) is 5.25 Å². The van der Waals surface area contributed by atoms with Crippen LogP contribution in [0, 0.1) is 5.92 Å². The summed E-state index contributed by atoms with van der Waals surface area (Å²) in [6.45, 7) is 3.89. The number of anilines is 1. The summed E-state index contributed by atoms with van der Waals surface area (Å²) >= 11 is 0. The van der Waals surface area contributed by atoms with Gasteiger partial charge in [-0.1, -0.05) is 36.4 Å². The van der Waals surface area contributed by atoms with Crippen LogP contribution in [0.4, 0.5) is 6.01 Å². The van der Waals surface area contributed by atoms with Crippen LogP contribution in [0.1, 0.15) is 51.9 Å². The molecule has 21 heavy (non-hydrogen) atoms. The first-order valence-corrected chi connectivity index (χ1v) is 9.44. The smallest absolute Gasteiger partial charge is 0.337 e. The van der Waals surface area contributed by atoms with E-state index in [1.165, 1.54) is 6.42 Å². The number of rotatable bonds is 3. The number of nitrogens with zero attached hydrogens (tertiary/aromatic N) is 3. The van der Waals surface area contributed by atoms with Crippen molar-refractivity contribution >= 4 is 15.9 Å². The van der Waals surface area contributed by atoms with Crippen molar-refractivity contribution < 1.29 is 12.8 Å². The van der Waals surface area contributed by atoms with Gasteiger partial charge in [-0.25, -0.2) is 8.42 Å². The fraction of sp³-hybridized carbons (Fsp3) is 0.857. The molecule has 0 amide bonds. The summed E-state index contributed by atoms with van der Waals surface area (Å²) in [4.78, 5) is 2.00. The van der Waals surface area contributed by atoms with Gasteiger partial charge in [-0.15, -0.1) is 0 Å². The molecule has 2 heterocycles. The molecule has 7 heteroatoms. The molecule has 0 aromatic carbocycles. The van der Waals surface area contributed by atoms with Crippen molar-refractivity contribution in [2.24, 2.45) is 5.92 Å². The van der Waals surface area contributed by atoms with Gasteiger partial charge in [0.2, 0.25) is 9.84 Å². The average molecular weight is 313 g/mol. The zero-order valence-corrected chi connectivity index (χ0v) is 13.3. The number of sulfone groups is 1. The SMILES string of the molecule is CC1CCCN(c2nnc(S(=O)(=O)C3CCCCC3)o2)C1. The van der Waals surface area contributed by atoms with E-state index >= 15 is 0 Å². The van der Waals surface area contributed by atoms with Gasteiger partial charge in [-0.3, -0.25) is 0 Å². The molecule has 0 N–H and O–H groups in total. The Bertz CT molecular complexity index is 578. The van der Waals surface area contributed by atoms with Crippen LogP contribution in [-0.4, -0.2) is 37.0 Å². The largest absolute Gasteiger partial charge is 0.394 e. The third kappa shape index (κ3) is 3.07. The van der Waals surface area contributed by atoms with Crippen LogP contribution in [-0.2, 0) is 9.84 Å². The van der Waals surface area contributed by atoms with E-state index in [9.17, 15) is 8.42 Å². The number of aromatic nitrogens is 2. The zero-order valence-electron chi connectivity index (χ0n) is 12.5. The zero-order chi connectivity index (χ0) is 14.9. The Morgan fingerprint density at radius 2 is 1.86 bits per heavy atom. The van der Waals surface area contributed by atoms with Gasteiger partial charge in [0.25, 0.3) is 0 Å². The maximum absolute atomic E-state index is 12.5. The average Bonchev–Trinajstić information content (AvgIpc) is 2.99. The highest BCUT2D eigenvalue weighted by molar-refractivity contribution is 7.91. The molecule has 2 aliphatic rings. The van der Waals surface area contributed by atoms with Crippen LogP contribution in [0.25, 0.3) is 0 Å². The molecule has 1 saturated carbocycles. The molecule has 0 spiro atoms. The normalized spacial score (nSPS) is 25.2. The lowest BCUT2D eigenvalue weighted by Crippen LogP contribution is -2.34. The Morgan fingerprint density at radius 1 is 1.10 bits per heavy atom. The highest BCUT2D eigenvalue weighted by atomic mass is 32.2. The molecule has 0 bridgehead atoms. The van der Waals surface area contributed by atoms with E-state index in [0.717, 1.165) is 38.8 Å². The molecule has 0 radical (unpaired) electrons. The van der Waals surface area contributed by atoms with E-state index in [-0.39, 0.29) is 10.5 Å². The minimum absolute atomic E-state index is 0.192. The Balaban J connectivity index is 1.77. The first kappa shape index (κ1) is 14.8. The van der Waals surface area contributed by atoms with Crippen LogP contribution in [0.5, 0.6) is 0 Å². The second-order valence-corrected chi connectivity index (χ2v) is 8.45.